The van der Waals surface area contributed by atoms with Crippen LogP contribution >= 0.6 is 0 Å². The monoisotopic (exact) mass is 277 g/mol. The first kappa shape index (κ1) is 14.2. The molecule has 0 amide bonds. The first-order chi connectivity index (χ1) is 8.52. The predicted molar refractivity (Wildman–Crippen MR) is 68.8 cm³/mol. The fourth-order valence-corrected chi connectivity index (χ4v) is 4.32. The lowest BCUT2D eigenvalue weighted by Gasteiger charge is -2.33. The van der Waals surface area contributed by atoms with Crippen molar-refractivity contribution in [2.24, 2.45) is 0 Å². The van der Waals surface area contributed by atoms with Crippen molar-refractivity contribution in [2.45, 2.75) is 55.8 Å². The Morgan fingerprint density at radius 2 is 1.78 bits per heavy atom. The van der Waals surface area contributed by atoms with Gasteiger partial charge in [-0.2, -0.15) is 0 Å². The van der Waals surface area contributed by atoms with E-state index in [4.69, 9.17) is 4.74 Å². The minimum atomic E-state index is -3.27. The van der Waals surface area contributed by atoms with E-state index >= 15 is 0 Å². The Hall–Kier alpha value is -0.170. The maximum atomic E-state index is 12.1. The average molecular weight is 277 g/mol. The van der Waals surface area contributed by atoms with Crippen LogP contribution in [0.15, 0.2) is 0 Å². The van der Waals surface area contributed by atoms with Crippen molar-refractivity contribution in [1.29, 1.82) is 0 Å². The standard InChI is InChI=1S/C12H23NO4S/c14-12(6-8-17-9-7-12)10-13-18(15,16)11-4-2-1-3-5-11/h11,13-14H,1-10H2. The van der Waals surface area contributed by atoms with Gasteiger partial charge in [0, 0.05) is 32.6 Å². The second-order valence-corrected chi connectivity index (χ2v) is 7.51. The van der Waals surface area contributed by atoms with Gasteiger partial charge in [-0.15, -0.1) is 0 Å². The predicted octanol–water partition coefficient (Wildman–Crippen LogP) is 0.780. The van der Waals surface area contributed by atoms with Crippen molar-refractivity contribution < 1.29 is 18.3 Å². The van der Waals surface area contributed by atoms with E-state index in [1.54, 1.807) is 0 Å². The number of nitrogens with one attached hydrogen (secondary N) is 1. The molecule has 5 nitrogen and oxygen atoms in total. The lowest BCUT2D eigenvalue weighted by Crippen LogP contribution is -2.48. The van der Waals surface area contributed by atoms with Crippen LogP contribution in [0.3, 0.4) is 0 Å². The first-order valence-corrected chi connectivity index (χ1v) is 8.35. The van der Waals surface area contributed by atoms with Gasteiger partial charge in [-0.05, 0) is 12.8 Å². The quantitative estimate of drug-likeness (QED) is 0.796. The van der Waals surface area contributed by atoms with E-state index in [0.29, 0.717) is 26.1 Å². The number of rotatable bonds is 4. The Kier molecular flexibility index (Phi) is 4.64. The molecule has 0 aromatic carbocycles. The molecule has 0 aromatic rings. The minimum absolute atomic E-state index is 0.120. The van der Waals surface area contributed by atoms with E-state index in [1.807, 2.05) is 0 Å². The number of aliphatic hydroxyl groups is 1. The van der Waals surface area contributed by atoms with E-state index in [2.05, 4.69) is 4.72 Å². The number of hydrogen-bond acceptors (Lipinski definition) is 4. The molecule has 1 saturated heterocycles. The molecule has 0 spiro atoms. The van der Waals surface area contributed by atoms with Crippen LogP contribution in [0.5, 0.6) is 0 Å². The zero-order valence-corrected chi connectivity index (χ0v) is 11.5. The van der Waals surface area contributed by atoms with Gasteiger partial charge in [0.2, 0.25) is 10.0 Å². The van der Waals surface area contributed by atoms with Crippen LogP contribution in [0.25, 0.3) is 0 Å². The van der Waals surface area contributed by atoms with Gasteiger partial charge in [0.15, 0.2) is 0 Å². The third-order valence-electron chi connectivity index (χ3n) is 4.02. The Balaban J connectivity index is 1.87. The fraction of sp³-hybridized carbons (Fsp3) is 1.00. The van der Waals surface area contributed by atoms with Crippen molar-refractivity contribution in [3.63, 3.8) is 0 Å². The van der Waals surface area contributed by atoms with Crippen molar-refractivity contribution in [3.05, 3.63) is 0 Å². The molecule has 1 aliphatic heterocycles. The second kappa shape index (κ2) is 5.86. The van der Waals surface area contributed by atoms with Gasteiger partial charge in [0.05, 0.1) is 10.9 Å². The summed E-state index contributed by atoms with van der Waals surface area (Å²) >= 11 is 0. The Morgan fingerprint density at radius 1 is 1.17 bits per heavy atom. The third kappa shape index (κ3) is 3.66. The van der Waals surface area contributed by atoms with Gasteiger partial charge in [0.1, 0.15) is 0 Å². The summed E-state index contributed by atoms with van der Waals surface area (Å²) in [5, 5.41) is 9.96. The highest BCUT2D eigenvalue weighted by atomic mass is 32.2. The summed E-state index contributed by atoms with van der Waals surface area (Å²) in [5.74, 6) is 0. The molecule has 2 N–H and O–H groups in total. The Bertz CT molecular complexity index is 356. The molecule has 2 rings (SSSR count). The van der Waals surface area contributed by atoms with Crippen LogP contribution in [0.4, 0.5) is 0 Å². The van der Waals surface area contributed by atoms with Gasteiger partial charge in [-0.25, -0.2) is 13.1 Å². The summed E-state index contributed by atoms with van der Waals surface area (Å²) in [4.78, 5) is 0. The first-order valence-electron chi connectivity index (χ1n) is 6.80. The molecule has 1 saturated carbocycles. The molecular weight excluding hydrogens is 254 g/mol. The van der Waals surface area contributed by atoms with Crippen LogP contribution in [0, 0.1) is 0 Å². The van der Waals surface area contributed by atoms with E-state index in [-0.39, 0.29) is 11.8 Å². The summed E-state index contributed by atoms with van der Waals surface area (Å²) in [6.07, 6.45) is 5.61. The number of sulfonamides is 1. The highest BCUT2D eigenvalue weighted by molar-refractivity contribution is 7.90. The molecule has 0 radical (unpaired) electrons. The van der Waals surface area contributed by atoms with Crippen molar-refractivity contribution in [3.8, 4) is 0 Å². The normalized spacial score (nSPS) is 26.1. The van der Waals surface area contributed by atoms with Gasteiger partial charge in [-0.1, -0.05) is 19.3 Å². The molecule has 106 valence electrons. The lowest BCUT2D eigenvalue weighted by atomic mass is 9.95. The molecule has 0 aromatic heterocycles. The minimum Gasteiger partial charge on any atom is -0.388 e. The Labute approximate surface area is 109 Å². The summed E-state index contributed by atoms with van der Waals surface area (Å²) < 4.78 is 32.0. The van der Waals surface area contributed by atoms with Crippen molar-refractivity contribution >= 4 is 10.0 Å². The SMILES string of the molecule is O=S(=O)(NCC1(O)CCOCC1)C1CCCCC1. The van der Waals surface area contributed by atoms with Gasteiger partial charge >= 0.3 is 0 Å². The zero-order valence-electron chi connectivity index (χ0n) is 10.7. The maximum Gasteiger partial charge on any atom is 0.214 e. The summed E-state index contributed by atoms with van der Waals surface area (Å²) in [7, 11) is -3.27. The molecular formula is C12H23NO4S. The number of ether oxygens (including phenoxy) is 1. The maximum absolute atomic E-state index is 12.1. The average Bonchev–Trinajstić information content (AvgIpc) is 2.39. The van der Waals surface area contributed by atoms with Crippen molar-refractivity contribution in [1.82, 2.24) is 4.72 Å². The van der Waals surface area contributed by atoms with Crippen molar-refractivity contribution in [2.75, 3.05) is 19.8 Å². The lowest BCUT2D eigenvalue weighted by molar-refractivity contribution is -0.0589. The topological polar surface area (TPSA) is 75.6 Å². The Morgan fingerprint density at radius 3 is 2.39 bits per heavy atom. The van der Waals surface area contributed by atoms with Crippen LogP contribution in [-0.2, 0) is 14.8 Å². The van der Waals surface area contributed by atoms with E-state index in [1.165, 1.54) is 0 Å². The van der Waals surface area contributed by atoms with Crippen LogP contribution in [0.1, 0.15) is 44.9 Å². The molecule has 1 heterocycles. The smallest absolute Gasteiger partial charge is 0.214 e. The molecule has 6 heteroatoms. The third-order valence-corrected chi connectivity index (χ3v) is 5.91. The fourth-order valence-electron chi connectivity index (χ4n) is 2.66. The van der Waals surface area contributed by atoms with E-state index < -0.39 is 15.6 Å². The van der Waals surface area contributed by atoms with Crippen LogP contribution < -0.4 is 4.72 Å². The second-order valence-electron chi connectivity index (χ2n) is 5.46. The number of hydrogen-bond donors (Lipinski definition) is 2. The summed E-state index contributed by atoms with van der Waals surface area (Å²) in [5.41, 5.74) is -0.931. The van der Waals surface area contributed by atoms with E-state index in [0.717, 1.165) is 32.1 Å². The van der Waals surface area contributed by atoms with E-state index in [9.17, 15) is 13.5 Å². The van der Waals surface area contributed by atoms with Gasteiger partial charge in [-0.3, -0.25) is 0 Å². The summed E-state index contributed by atoms with van der Waals surface area (Å²) in [6.45, 7) is 1.12. The molecule has 2 fully saturated rings. The van der Waals surface area contributed by atoms with Crippen LogP contribution in [-0.4, -0.2) is 44.1 Å². The molecule has 0 bridgehead atoms. The molecule has 2 aliphatic rings. The highest BCUT2D eigenvalue weighted by Gasteiger charge is 2.33. The highest BCUT2D eigenvalue weighted by Crippen LogP contribution is 2.24. The van der Waals surface area contributed by atoms with Gasteiger partial charge in [0.25, 0.3) is 0 Å². The molecule has 0 atom stereocenters. The molecule has 18 heavy (non-hydrogen) atoms. The molecule has 1 aliphatic carbocycles. The zero-order chi connectivity index (χ0) is 13.1. The van der Waals surface area contributed by atoms with Gasteiger partial charge < -0.3 is 9.84 Å². The molecule has 0 unspecified atom stereocenters. The van der Waals surface area contributed by atoms with Crippen LogP contribution in [0.2, 0.25) is 0 Å². The summed E-state index contributed by atoms with van der Waals surface area (Å²) in [6, 6.07) is 0. The largest absolute Gasteiger partial charge is 0.388 e.